The lowest BCUT2D eigenvalue weighted by Gasteiger charge is -1.96. The van der Waals surface area contributed by atoms with Gasteiger partial charge in [0.05, 0.1) is 13.2 Å². The van der Waals surface area contributed by atoms with Crippen LogP contribution in [0.1, 0.15) is 33.1 Å². The summed E-state index contributed by atoms with van der Waals surface area (Å²) in [5.74, 6) is 2.88. The maximum atomic E-state index is 5.23. The highest BCUT2D eigenvalue weighted by molar-refractivity contribution is 4.90. The van der Waals surface area contributed by atoms with Crippen molar-refractivity contribution in [2.45, 2.75) is 33.1 Å². The van der Waals surface area contributed by atoms with Gasteiger partial charge in [-0.25, -0.2) is 0 Å². The first kappa shape index (κ1) is 11.3. The molecule has 0 radical (unpaired) electrons. The Morgan fingerprint density at radius 2 is 1.75 bits per heavy atom. The average Bonchev–Trinajstić information content (AvgIpc) is 2.10. The van der Waals surface area contributed by atoms with E-state index >= 15 is 0 Å². The number of hydrogen-bond acceptors (Lipinski definition) is 2. The van der Waals surface area contributed by atoms with Crippen LogP contribution < -0.4 is 0 Å². The van der Waals surface area contributed by atoms with Crippen molar-refractivity contribution < 1.29 is 9.47 Å². The highest BCUT2D eigenvalue weighted by atomic mass is 16.5. The molecule has 0 fully saturated rings. The molecule has 0 heterocycles. The van der Waals surface area contributed by atoms with Gasteiger partial charge in [-0.15, -0.1) is 0 Å². The molecular weight excluding hydrogens is 152 g/mol. The first-order valence-corrected chi connectivity index (χ1v) is 4.59. The van der Waals surface area contributed by atoms with Crippen LogP contribution in [0.4, 0.5) is 0 Å². The van der Waals surface area contributed by atoms with Crippen molar-refractivity contribution in [1.29, 1.82) is 0 Å². The molecule has 0 aromatic carbocycles. The summed E-state index contributed by atoms with van der Waals surface area (Å²) >= 11 is 0. The zero-order chi connectivity index (χ0) is 9.07. The van der Waals surface area contributed by atoms with Gasteiger partial charge in [-0.1, -0.05) is 19.8 Å². The number of rotatable bonds is 6. The molecule has 0 spiro atoms. The predicted molar refractivity (Wildman–Crippen MR) is 49.7 cm³/mol. The summed E-state index contributed by atoms with van der Waals surface area (Å²) in [5, 5.41) is 0. The fourth-order valence-corrected chi connectivity index (χ4v) is 0.625. The molecule has 0 atom stereocenters. The van der Waals surface area contributed by atoms with Crippen LogP contribution in [-0.2, 0) is 9.47 Å². The van der Waals surface area contributed by atoms with Crippen LogP contribution >= 0.6 is 0 Å². The molecule has 2 nitrogen and oxygen atoms in total. The van der Waals surface area contributed by atoms with Gasteiger partial charge >= 0.3 is 0 Å². The molecule has 0 saturated heterocycles. The van der Waals surface area contributed by atoms with Gasteiger partial charge in [-0.05, 0) is 12.8 Å². The fourth-order valence-electron chi connectivity index (χ4n) is 0.625. The normalized spacial score (nSPS) is 8.83. The SMILES string of the molecule is CCCOC#CCCOCCC. The Bertz CT molecular complexity index is 133. The fraction of sp³-hybridized carbons (Fsp3) is 0.800. The van der Waals surface area contributed by atoms with Gasteiger partial charge < -0.3 is 9.47 Å². The van der Waals surface area contributed by atoms with Gasteiger partial charge in [0.1, 0.15) is 6.11 Å². The smallest absolute Gasteiger partial charge is 0.110 e. The predicted octanol–water partition coefficient (Wildman–Crippen LogP) is 2.19. The molecule has 2 heteroatoms. The van der Waals surface area contributed by atoms with Crippen LogP contribution in [0.3, 0.4) is 0 Å². The lowest BCUT2D eigenvalue weighted by Crippen LogP contribution is -1.93. The Balaban J connectivity index is 2.99. The molecule has 0 unspecified atom stereocenters. The topological polar surface area (TPSA) is 18.5 Å². The summed E-state index contributed by atoms with van der Waals surface area (Å²) in [6.07, 6.45) is 5.48. The van der Waals surface area contributed by atoms with Crippen LogP contribution in [-0.4, -0.2) is 19.8 Å². The van der Waals surface area contributed by atoms with E-state index < -0.39 is 0 Å². The van der Waals surface area contributed by atoms with E-state index in [2.05, 4.69) is 25.9 Å². The molecule has 0 aliphatic heterocycles. The van der Waals surface area contributed by atoms with E-state index in [4.69, 9.17) is 9.47 Å². The van der Waals surface area contributed by atoms with E-state index in [0.717, 1.165) is 39.1 Å². The van der Waals surface area contributed by atoms with Crippen molar-refractivity contribution in [2.75, 3.05) is 19.8 Å². The maximum Gasteiger partial charge on any atom is 0.110 e. The second kappa shape index (κ2) is 10.3. The molecule has 0 amide bonds. The van der Waals surface area contributed by atoms with Crippen LogP contribution in [0, 0.1) is 12.0 Å². The summed E-state index contributed by atoms with van der Waals surface area (Å²) in [5.41, 5.74) is 0. The summed E-state index contributed by atoms with van der Waals surface area (Å²) < 4.78 is 10.2. The lowest BCUT2D eigenvalue weighted by molar-refractivity contribution is 0.140. The quantitative estimate of drug-likeness (QED) is 0.449. The molecule has 12 heavy (non-hydrogen) atoms. The molecule has 0 aliphatic carbocycles. The van der Waals surface area contributed by atoms with Gasteiger partial charge in [0.25, 0.3) is 0 Å². The largest absolute Gasteiger partial charge is 0.447 e. The van der Waals surface area contributed by atoms with Gasteiger partial charge in [-0.3, -0.25) is 0 Å². The molecule has 0 aromatic heterocycles. The Morgan fingerprint density at radius 1 is 1.00 bits per heavy atom. The van der Waals surface area contributed by atoms with Crippen molar-refractivity contribution in [3.05, 3.63) is 0 Å². The lowest BCUT2D eigenvalue weighted by atomic mass is 10.5. The average molecular weight is 170 g/mol. The van der Waals surface area contributed by atoms with E-state index in [0.29, 0.717) is 0 Å². The first-order valence-electron chi connectivity index (χ1n) is 4.59. The number of ether oxygens (including phenoxy) is 2. The second-order valence-electron chi connectivity index (χ2n) is 2.49. The van der Waals surface area contributed by atoms with Crippen molar-refractivity contribution in [1.82, 2.24) is 0 Å². The molecule has 0 aliphatic rings. The van der Waals surface area contributed by atoms with E-state index in [1.807, 2.05) is 0 Å². The Morgan fingerprint density at radius 3 is 2.42 bits per heavy atom. The maximum absolute atomic E-state index is 5.23. The minimum atomic E-state index is 0.719. The summed E-state index contributed by atoms with van der Waals surface area (Å²) in [7, 11) is 0. The Hall–Kier alpha value is -0.680. The molecule has 70 valence electrons. The second-order valence-corrected chi connectivity index (χ2v) is 2.49. The zero-order valence-corrected chi connectivity index (χ0v) is 8.06. The van der Waals surface area contributed by atoms with Crippen LogP contribution in [0.5, 0.6) is 0 Å². The van der Waals surface area contributed by atoms with E-state index in [1.165, 1.54) is 0 Å². The highest BCUT2D eigenvalue weighted by Crippen LogP contribution is 1.83. The summed E-state index contributed by atoms with van der Waals surface area (Å²) in [6.45, 7) is 6.43. The van der Waals surface area contributed by atoms with Crippen LogP contribution in [0.25, 0.3) is 0 Å². The molecule has 0 N–H and O–H groups in total. The van der Waals surface area contributed by atoms with Crippen LogP contribution in [0.2, 0.25) is 0 Å². The zero-order valence-electron chi connectivity index (χ0n) is 8.06. The molecule has 0 rings (SSSR count). The van der Waals surface area contributed by atoms with Gasteiger partial charge in [0.15, 0.2) is 0 Å². The third-order valence-corrected chi connectivity index (χ3v) is 1.17. The third-order valence-electron chi connectivity index (χ3n) is 1.17. The first-order chi connectivity index (χ1) is 5.91. The molecule has 0 aromatic rings. The van der Waals surface area contributed by atoms with Crippen molar-refractivity contribution >= 4 is 0 Å². The van der Waals surface area contributed by atoms with E-state index in [1.54, 1.807) is 0 Å². The minimum absolute atomic E-state index is 0.719. The minimum Gasteiger partial charge on any atom is -0.447 e. The van der Waals surface area contributed by atoms with Crippen LogP contribution in [0.15, 0.2) is 0 Å². The summed E-state index contributed by atoms with van der Waals surface area (Å²) in [6, 6.07) is 0. The monoisotopic (exact) mass is 170 g/mol. The van der Waals surface area contributed by atoms with Gasteiger partial charge in [0, 0.05) is 13.0 Å². The number of hydrogen-bond donors (Lipinski definition) is 0. The van der Waals surface area contributed by atoms with Crippen molar-refractivity contribution in [2.24, 2.45) is 0 Å². The molecule has 0 bridgehead atoms. The Kier molecular flexibility index (Phi) is 9.74. The standard InChI is InChI=1S/C10H18O2/c1-3-7-11-9-5-6-10-12-8-4-2/h3-5,7-9H2,1-2H3. The van der Waals surface area contributed by atoms with Crippen molar-refractivity contribution in [3.63, 3.8) is 0 Å². The van der Waals surface area contributed by atoms with E-state index in [-0.39, 0.29) is 0 Å². The Labute approximate surface area is 75.3 Å². The van der Waals surface area contributed by atoms with Gasteiger partial charge in [-0.2, -0.15) is 0 Å². The molecular formula is C10H18O2. The van der Waals surface area contributed by atoms with Crippen molar-refractivity contribution in [3.8, 4) is 12.0 Å². The highest BCUT2D eigenvalue weighted by Gasteiger charge is 1.82. The third kappa shape index (κ3) is 9.32. The van der Waals surface area contributed by atoms with Gasteiger partial charge in [0.2, 0.25) is 0 Å². The van der Waals surface area contributed by atoms with E-state index in [9.17, 15) is 0 Å². The molecule has 0 saturated carbocycles. The summed E-state index contributed by atoms with van der Waals surface area (Å²) in [4.78, 5) is 0.